The second-order valence-corrected chi connectivity index (χ2v) is 7.77. The third-order valence-electron chi connectivity index (χ3n) is 4.58. The van der Waals surface area contributed by atoms with Gasteiger partial charge in [-0.05, 0) is 44.6 Å². The van der Waals surface area contributed by atoms with Crippen LogP contribution in [0.25, 0.3) is 0 Å². The molecule has 1 heterocycles. The number of halogens is 1. The van der Waals surface area contributed by atoms with Crippen LogP contribution in [-0.2, 0) is 6.54 Å². The van der Waals surface area contributed by atoms with Gasteiger partial charge in [0.25, 0.3) is 0 Å². The number of hydrogen-bond donors (Lipinski definition) is 2. The molecule has 1 atom stereocenters. The van der Waals surface area contributed by atoms with E-state index in [1.54, 1.807) is 18.4 Å². The lowest BCUT2D eigenvalue weighted by atomic mass is 10.0. The third kappa shape index (κ3) is 8.10. The minimum atomic E-state index is 0. The Hall–Kier alpha value is -1.39. The molecular formula is C21H34IN5OS. The fourth-order valence-corrected chi connectivity index (χ4v) is 3.84. The molecule has 1 unspecified atom stereocenters. The number of hydrogen-bond acceptors (Lipinski definition) is 5. The van der Waals surface area contributed by atoms with E-state index >= 15 is 0 Å². The number of aromatic nitrogens is 1. The van der Waals surface area contributed by atoms with Crippen LogP contribution in [0.4, 0.5) is 0 Å². The average Bonchev–Trinajstić information content (AvgIpc) is 3.14. The van der Waals surface area contributed by atoms with Crippen LogP contribution >= 0.6 is 35.3 Å². The van der Waals surface area contributed by atoms with Crippen molar-refractivity contribution in [2.75, 3.05) is 33.3 Å². The molecule has 162 valence electrons. The van der Waals surface area contributed by atoms with E-state index in [9.17, 15) is 0 Å². The largest absolute Gasteiger partial charge is 0.497 e. The predicted octanol–water partition coefficient (Wildman–Crippen LogP) is 4.22. The Labute approximate surface area is 196 Å². The van der Waals surface area contributed by atoms with Crippen molar-refractivity contribution in [3.63, 3.8) is 0 Å². The number of benzene rings is 1. The second kappa shape index (κ2) is 13.8. The molecule has 0 spiro atoms. The first-order chi connectivity index (χ1) is 13.6. The molecule has 2 rings (SSSR count). The highest BCUT2D eigenvalue weighted by atomic mass is 127. The van der Waals surface area contributed by atoms with Crippen molar-refractivity contribution >= 4 is 41.3 Å². The van der Waals surface area contributed by atoms with Gasteiger partial charge in [-0.3, -0.25) is 4.90 Å². The molecule has 0 saturated heterocycles. The fourth-order valence-electron chi connectivity index (χ4n) is 3.13. The van der Waals surface area contributed by atoms with Gasteiger partial charge in [-0.15, -0.1) is 35.3 Å². The molecule has 6 nitrogen and oxygen atoms in total. The number of ether oxygens (including phenoxy) is 1. The maximum absolute atomic E-state index is 5.42. The lowest BCUT2D eigenvalue weighted by molar-refractivity contribution is 0.218. The summed E-state index contributed by atoms with van der Waals surface area (Å²) in [6.07, 6.45) is 1.90. The number of aryl methyl sites for hydroxylation is 1. The molecule has 0 aliphatic carbocycles. The van der Waals surface area contributed by atoms with Crippen LogP contribution in [0, 0.1) is 6.92 Å². The van der Waals surface area contributed by atoms with Gasteiger partial charge in [-0.1, -0.05) is 26.0 Å². The summed E-state index contributed by atoms with van der Waals surface area (Å²) in [6, 6.07) is 8.55. The minimum absolute atomic E-state index is 0. The van der Waals surface area contributed by atoms with E-state index < -0.39 is 0 Å². The number of nitrogens with one attached hydrogen (secondary N) is 2. The first-order valence-corrected chi connectivity index (χ1v) is 10.7. The van der Waals surface area contributed by atoms with Crippen molar-refractivity contribution in [3.05, 3.63) is 45.9 Å². The van der Waals surface area contributed by atoms with E-state index in [0.29, 0.717) is 6.54 Å². The Morgan fingerprint density at radius 1 is 1.24 bits per heavy atom. The van der Waals surface area contributed by atoms with Gasteiger partial charge in [0.05, 0.1) is 19.7 Å². The van der Waals surface area contributed by atoms with Crippen LogP contribution in [0.2, 0.25) is 0 Å². The van der Waals surface area contributed by atoms with Gasteiger partial charge >= 0.3 is 0 Å². The molecule has 2 aromatic rings. The number of nitrogens with zero attached hydrogens (tertiary/aromatic N) is 3. The highest BCUT2D eigenvalue weighted by Crippen LogP contribution is 2.23. The number of likely N-dealkylation sites (N-methyl/N-ethyl adjacent to an activating group) is 1. The molecule has 0 amide bonds. The van der Waals surface area contributed by atoms with E-state index in [4.69, 9.17) is 9.73 Å². The topological polar surface area (TPSA) is 61.8 Å². The summed E-state index contributed by atoms with van der Waals surface area (Å²) < 4.78 is 5.42. The van der Waals surface area contributed by atoms with Crippen LogP contribution in [0.5, 0.6) is 5.75 Å². The summed E-state index contributed by atoms with van der Waals surface area (Å²) >= 11 is 1.69. The normalized spacial score (nSPS) is 12.4. The van der Waals surface area contributed by atoms with Crippen molar-refractivity contribution in [3.8, 4) is 5.75 Å². The Kier molecular flexibility index (Phi) is 12.2. The zero-order valence-electron chi connectivity index (χ0n) is 18.1. The zero-order valence-corrected chi connectivity index (χ0v) is 21.2. The molecule has 1 aromatic carbocycles. The van der Waals surface area contributed by atoms with Gasteiger partial charge < -0.3 is 15.4 Å². The first-order valence-electron chi connectivity index (χ1n) is 9.92. The van der Waals surface area contributed by atoms with E-state index in [1.165, 1.54) is 10.4 Å². The highest BCUT2D eigenvalue weighted by molar-refractivity contribution is 14.0. The summed E-state index contributed by atoms with van der Waals surface area (Å²) in [5.74, 6) is 1.70. The van der Waals surface area contributed by atoms with Crippen molar-refractivity contribution in [2.45, 2.75) is 40.3 Å². The molecule has 0 saturated carbocycles. The van der Waals surface area contributed by atoms with Crippen LogP contribution < -0.4 is 15.4 Å². The quantitative estimate of drug-likeness (QED) is 0.273. The summed E-state index contributed by atoms with van der Waals surface area (Å²) in [5, 5.41) is 7.88. The summed E-state index contributed by atoms with van der Waals surface area (Å²) in [4.78, 5) is 12.8. The molecule has 2 N–H and O–H groups in total. The molecular weight excluding hydrogens is 497 g/mol. The second-order valence-electron chi connectivity index (χ2n) is 6.45. The standard InChI is InChI=1S/C21H33N5OS.HI/c1-6-22-21(25-15-20-23-13-16(4)28-20)24-14-19(26(7-2)8-3)17-10-9-11-18(12-17)27-5;/h9-13,19H,6-8,14-15H2,1-5H3,(H2,22,24,25);1H. The maximum atomic E-state index is 5.42. The molecule has 0 aliphatic rings. The van der Waals surface area contributed by atoms with Crippen molar-refractivity contribution in [1.82, 2.24) is 20.5 Å². The summed E-state index contributed by atoms with van der Waals surface area (Å²) in [7, 11) is 1.71. The predicted molar refractivity (Wildman–Crippen MR) is 134 cm³/mol. The molecule has 29 heavy (non-hydrogen) atoms. The van der Waals surface area contributed by atoms with Crippen molar-refractivity contribution in [1.29, 1.82) is 0 Å². The molecule has 0 aliphatic heterocycles. The number of guanidine groups is 1. The van der Waals surface area contributed by atoms with Gasteiger partial charge in [0.1, 0.15) is 10.8 Å². The number of rotatable bonds is 10. The van der Waals surface area contributed by atoms with Gasteiger partial charge in [0.2, 0.25) is 0 Å². The van der Waals surface area contributed by atoms with E-state index in [0.717, 1.165) is 42.9 Å². The fraction of sp³-hybridized carbons (Fsp3) is 0.524. The lowest BCUT2D eigenvalue weighted by Gasteiger charge is -2.31. The monoisotopic (exact) mass is 531 g/mol. The third-order valence-corrected chi connectivity index (χ3v) is 5.48. The molecule has 0 fully saturated rings. The van der Waals surface area contributed by atoms with Crippen LogP contribution in [0.3, 0.4) is 0 Å². The zero-order chi connectivity index (χ0) is 20.4. The number of methoxy groups -OCH3 is 1. The van der Waals surface area contributed by atoms with Gasteiger partial charge in [0, 0.05) is 24.2 Å². The van der Waals surface area contributed by atoms with Crippen molar-refractivity contribution < 1.29 is 4.74 Å². The average molecular weight is 532 g/mol. The van der Waals surface area contributed by atoms with E-state index in [-0.39, 0.29) is 30.0 Å². The Bertz CT molecular complexity index is 748. The Morgan fingerprint density at radius 3 is 2.59 bits per heavy atom. The first kappa shape index (κ1) is 25.6. The summed E-state index contributed by atoms with van der Waals surface area (Å²) in [6.45, 7) is 12.7. The molecule has 8 heteroatoms. The van der Waals surface area contributed by atoms with Crippen LogP contribution in [-0.4, -0.2) is 49.1 Å². The van der Waals surface area contributed by atoms with E-state index in [1.807, 2.05) is 12.3 Å². The lowest BCUT2D eigenvalue weighted by Crippen LogP contribution is -2.43. The molecule has 0 bridgehead atoms. The minimum Gasteiger partial charge on any atom is -0.497 e. The molecule has 1 aromatic heterocycles. The maximum Gasteiger partial charge on any atom is 0.191 e. The summed E-state index contributed by atoms with van der Waals surface area (Å²) in [5.41, 5.74) is 1.24. The molecule has 0 radical (unpaired) electrons. The van der Waals surface area contributed by atoms with Crippen LogP contribution in [0.15, 0.2) is 35.5 Å². The number of thiazole rings is 1. The van der Waals surface area contributed by atoms with Crippen LogP contribution in [0.1, 0.15) is 42.3 Å². The highest BCUT2D eigenvalue weighted by Gasteiger charge is 2.19. The van der Waals surface area contributed by atoms with Gasteiger partial charge in [-0.2, -0.15) is 0 Å². The number of aliphatic imine (C=N–C) groups is 1. The SMILES string of the molecule is CCNC(=NCc1ncc(C)s1)NCC(c1cccc(OC)c1)N(CC)CC.I. The smallest absolute Gasteiger partial charge is 0.191 e. The Morgan fingerprint density at radius 2 is 2.00 bits per heavy atom. The van der Waals surface area contributed by atoms with E-state index in [2.05, 4.69) is 66.4 Å². The van der Waals surface area contributed by atoms with Crippen molar-refractivity contribution in [2.24, 2.45) is 4.99 Å². The van der Waals surface area contributed by atoms with Gasteiger partial charge in [-0.25, -0.2) is 9.98 Å². The van der Waals surface area contributed by atoms with Gasteiger partial charge in [0.15, 0.2) is 5.96 Å². The Balaban J connectivity index is 0.00000420.